The molecule has 0 saturated carbocycles. The van der Waals surface area contributed by atoms with Crippen molar-refractivity contribution in [3.63, 3.8) is 0 Å². The van der Waals surface area contributed by atoms with Crippen molar-refractivity contribution < 1.29 is 23.7 Å². The van der Waals surface area contributed by atoms with E-state index in [1.807, 2.05) is 13.8 Å². The van der Waals surface area contributed by atoms with Crippen molar-refractivity contribution in [3.05, 3.63) is 47.5 Å². The molecule has 132 valence electrons. The maximum atomic E-state index is 12.5. The van der Waals surface area contributed by atoms with Gasteiger partial charge >= 0.3 is 0 Å². The lowest BCUT2D eigenvalue weighted by molar-refractivity contribution is 0.102. The van der Waals surface area contributed by atoms with Gasteiger partial charge in [-0.3, -0.25) is 4.79 Å². The summed E-state index contributed by atoms with van der Waals surface area (Å²) in [5, 5.41) is 2.87. The predicted octanol–water partition coefficient (Wildman–Crippen LogP) is 3.60. The number of benzene rings is 2. The average Bonchev–Trinajstić information content (AvgIpc) is 3.08. The van der Waals surface area contributed by atoms with Crippen LogP contribution in [-0.2, 0) is 11.3 Å². The Bertz CT molecular complexity index is 759. The second-order valence-electron chi connectivity index (χ2n) is 5.41. The van der Waals surface area contributed by atoms with Crippen LogP contribution in [-0.4, -0.2) is 25.9 Å². The Morgan fingerprint density at radius 3 is 2.72 bits per heavy atom. The number of ether oxygens (including phenoxy) is 4. The first-order valence-corrected chi connectivity index (χ1v) is 8.25. The van der Waals surface area contributed by atoms with E-state index in [4.69, 9.17) is 18.9 Å². The van der Waals surface area contributed by atoms with E-state index in [0.29, 0.717) is 42.6 Å². The summed E-state index contributed by atoms with van der Waals surface area (Å²) < 4.78 is 21.7. The van der Waals surface area contributed by atoms with Gasteiger partial charge in [0.15, 0.2) is 11.5 Å². The summed E-state index contributed by atoms with van der Waals surface area (Å²) in [5.41, 5.74) is 2.03. The Morgan fingerprint density at radius 2 is 1.92 bits per heavy atom. The first-order chi connectivity index (χ1) is 12.2. The molecule has 6 nitrogen and oxygen atoms in total. The van der Waals surface area contributed by atoms with Crippen LogP contribution < -0.4 is 19.5 Å². The summed E-state index contributed by atoms with van der Waals surface area (Å²) in [5.74, 6) is 1.83. The van der Waals surface area contributed by atoms with Crippen LogP contribution in [0.3, 0.4) is 0 Å². The second kappa shape index (κ2) is 7.90. The average molecular weight is 343 g/mol. The lowest BCUT2D eigenvalue weighted by Gasteiger charge is -2.12. The zero-order valence-electron chi connectivity index (χ0n) is 14.3. The van der Waals surface area contributed by atoms with E-state index in [-0.39, 0.29) is 12.7 Å². The fourth-order valence-corrected chi connectivity index (χ4v) is 2.52. The molecule has 6 heteroatoms. The van der Waals surface area contributed by atoms with E-state index < -0.39 is 0 Å². The standard InChI is InChI=1S/C19H21NO5/c1-3-22-11-14-9-13(5-7-16(14)23-4-2)19(21)20-15-6-8-17-18(10-15)25-12-24-17/h5-10H,3-4,11-12H2,1-2H3,(H,20,21). The Morgan fingerprint density at radius 1 is 1.08 bits per heavy atom. The molecule has 0 bridgehead atoms. The van der Waals surface area contributed by atoms with Gasteiger partial charge in [0, 0.05) is 29.5 Å². The van der Waals surface area contributed by atoms with Gasteiger partial charge < -0.3 is 24.3 Å². The normalized spacial score (nSPS) is 12.1. The van der Waals surface area contributed by atoms with Gasteiger partial charge in [-0.2, -0.15) is 0 Å². The third-order valence-electron chi connectivity index (χ3n) is 3.71. The SMILES string of the molecule is CCOCc1cc(C(=O)Nc2ccc3c(c2)OCO3)ccc1OCC. The monoisotopic (exact) mass is 343 g/mol. The van der Waals surface area contributed by atoms with Gasteiger partial charge in [0.05, 0.1) is 13.2 Å². The summed E-state index contributed by atoms with van der Waals surface area (Å²) in [6.07, 6.45) is 0. The van der Waals surface area contributed by atoms with Crippen LogP contribution >= 0.6 is 0 Å². The molecular weight excluding hydrogens is 322 g/mol. The molecule has 0 radical (unpaired) electrons. The first-order valence-electron chi connectivity index (χ1n) is 8.25. The second-order valence-corrected chi connectivity index (χ2v) is 5.41. The molecule has 1 aliphatic heterocycles. The zero-order valence-corrected chi connectivity index (χ0v) is 14.3. The Kier molecular flexibility index (Phi) is 5.40. The van der Waals surface area contributed by atoms with Crippen LogP contribution in [0.1, 0.15) is 29.8 Å². The van der Waals surface area contributed by atoms with E-state index in [2.05, 4.69) is 5.32 Å². The molecule has 0 aliphatic carbocycles. The molecule has 1 N–H and O–H groups in total. The highest BCUT2D eigenvalue weighted by Crippen LogP contribution is 2.34. The van der Waals surface area contributed by atoms with Crippen LogP contribution in [0.5, 0.6) is 17.2 Å². The van der Waals surface area contributed by atoms with Crippen molar-refractivity contribution in [1.29, 1.82) is 0 Å². The number of hydrogen-bond acceptors (Lipinski definition) is 5. The van der Waals surface area contributed by atoms with Crippen LogP contribution in [0, 0.1) is 0 Å². The third kappa shape index (κ3) is 4.03. The fraction of sp³-hybridized carbons (Fsp3) is 0.316. The molecule has 1 heterocycles. The maximum absolute atomic E-state index is 12.5. The summed E-state index contributed by atoms with van der Waals surface area (Å²) >= 11 is 0. The van der Waals surface area contributed by atoms with Gasteiger partial charge in [-0.05, 0) is 44.2 Å². The summed E-state index contributed by atoms with van der Waals surface area (Å²) in [6, 6.07) is 10.6. The highest BCUT2D eigenvalue weighted by atomic mass is 16.7. The van der Waals surface area contributed by atoms with Crippen LogP contribution in [0.4, 0.5) is 5.69 Å². The quantitative estimate of drug-likeness (QED) is 0.832. The van der Waals surface area contributed by atoms with E-state index in [9.17, 15) is 4.79 Å². The molecule has 0 spiro atoms. The van der Waals surface area contributed by atoms with E-state index >= 15 is 0 Å². The number of carbonyl (C=O) groups excluding carboxylic acids is 1. The number of hydrogen-bond donors (Lipinski definition) is 1. The molecule has 2 aromatic rings. The smallest absolute Gasteiger partial charge is 0.255 e. The number of nitrogens with one attached hydrogen (secondary N) is 1. The van der Waals surface area contributed by atoms with Crippen LogP contribution in [0.15, 0.2) is 36.4 Å². The minimum atomic E-state index is -0.209. The lowest BCUT2D eigenvalue weighted by Crippen LogP contribution is -2.12. The number of carbonyl (C=O) groups is 1. The predicted molar refractivity (Wildman–Crippen MR) is 93.5 cm³/mol. The molecule has 2 aromatic carbocycles. The Hall–Kier alpha value is -2.73. The molecule has 1 aliphatic rings. The van der Waals surface area contributed by atoms with E-state index in [0.717, 1.165) is 11.3 Å². The summed E-state index contributed by atoms with van der Waals surface area (Å²) in [4.78, 5) is 12.5. The number of amides is 1. The number of anilines is 1. The van der Waals surface area contributed by atoms with Gasteiger partial charge in [0.2, 0.25) is 6.79 Å². The molecule has 0 saturated heterocycles. The van der Waals surface area contributed by atoms with Crippen molar-refractivity contribution in [1.82, 2.24) is 0 Å². The Labute approximate surface area is 146 Å². The third-order valence-corrected chi connectivity index (χ3v) is 3.71. The Balaban J connectivity index is 1.76. The molecular formula is C19H21NO5. The molecule has 25 heavy (non-hydrogen) atoms. The minimum absolute atomic E-state index is 0.201. The van der Waals surface area contributed by atoms with Crippen molar-refractivity contribution >= 4 is 11.6 Å². The highest BCUT2D eigenvalue weighted by molar-refractivity contribution is 6.04. The zero-order chi connectivity index (χ0) is 17.6. The highest BCUT2D eigenvalue weighted by Gasteiger charge is 2.15. The molecule has 1 amide bonds. The summed E-state index contributed by atoms with van der Waals surface area (Å²) in [7, 11) is 0. The topological polar surface area (TPSA) is 66.0 Å². The first kappa shape index (κ1) is 17.1. The molecule has 0 unspecified atom stereocenters. The van der Waals surface area contributed by atoms with Gasteiger partial charge in [-0.15, -0.1) is 0 Å². The lowest BCUT2D eigenvalue weighted by atomic mass is 10.1. The minimum Gasteiger partial charge on any atom is -0.494 e. The maximum Gasteiger partial charge on any atom is 0.255 e. The van der Waals surface area contributed by atoms with Gasteiger partial charge in [0.1, 0.15) is 5.75 Å². The van der Waals surface area contributed by atoms with Gasteiger partial charge in [-0.1, -0.05) is 0 Å². The van der Waals surface area contributed by atoms with Crippen molar-refractivity contribution in [2.24, 2.45) is 0 Å². The van der Waals surface area contributed by atoms with E-state index in [1.54, 1.807) is 36.4 Å². The van der Waals surface area contributed by atoms with Crippen molar-refractivity contribution in [3.8, 4) is 17.2 Å². The largest absolute Gasteiger partial charge is 0.494 e. The van der Waals surface area contributed by atoms with Crippen molar-refractivity contribution in [2.75, 3.05) is 25.3 Å². The van der Waals surface area contributed by atoms with Crippen LogP contribution in [0.2, 0.25) is 0 Å². The molecule has 0 fully saturated rings. The molecule has 0 atom stereocenters. The fourth-order valence-electron chi connectivity index (χ4n) is 2.52. The van der Waals surface area contributed by atoms with Crippen molar-refractivity contribution in [2.45, 2.75) is 20.5 Å². The van der Waals surface area contributed by atoms with E-state index in [1.165, 1.54) is 0 Å². The number of rotatable bonds is 7. The summed E-state index contributed by atoms with van der Waals surface area (Å²) in [6.45, 7) is 5.60. The molecule has 3 rings (SSSR count). The van der Waals surface area contributed by atoms with Crippen LogP contribution in [0.25, 0.3) is 0 Å². The number of fused-ring (bicyclic) bond motifs is 1. The van der Waals surface area contributed by atoms with Gasteiger partial charge in [0.25, 0.3) is 5.91 Å². The molecule has 0 aromatic heterocycles. The van der Waals surface area contributed by atoms with Gasteiger partial charge in [-0.25, -0.2) is 0 Å².